The number of piperidine rings is 1. The predicted octanol–water partition coefficient (Wildman–Crippen LogP) is 0.450. The number of morpholine rings is 1. The minimum absolute atomic E-state index is 0.309. The van der Waals surface area contributed by atoms with Crippen LogP contribution in [0.15, 0.2) is 0 Å². The van der Waals surface area contributed by atoms with Crippen LogP contribution in [0.1, 0.15) is 32.1 Å². The number of fused-ring (bicyclic) bond motifs is 2. The van der Waals surface area contributed by atoms with Gasteiger partial charge in [0, 0.05) is 44.2 Å². The molecule has 2 atom stereocenters. The molecule has 0 radical (unpaired) electrons. The molecule has 0 aromatic carbocycles. The zero-order valence-electron chi connectivity index (χ0n) is 12.5. The van der Waals surface area contributed by atoms with Crippen LogP contribution in [0, 0.1) is 0 Å². The highest BCUT2D eigenvalue weighted by Crippen LogP contribution is 2.35. The zero-order chi connectivity index (χ0) is 13.9. The average Bonchev–Trinajstić information content (AvgIpc) is 2.74. The first-order valence-electron chi connectivity index (χ1n) is 8.06. The van der Waals surface area contributed by atoms with E-state index in [0.29, 0.717) is 43.7 Å². The van der Waals surface area contributed by atoms with Crippen molar-refractivity contribution in [1.82, 2.24) is 15.1 Å². The fourth-order valence-corrected chi connectivity index (χ4v) is 4.07. The molecule has 0 aromatic rings. The second kappa shape index (κ2) is 6.41. The van der Waals surface area contributed by atoms with Gasteiger partial charge < -0.3 is 15.0 Å². The van der Waals surface area contributed by atoms with Crippen molar-refractivity contribution in [3.8, 4) is 0 Å². The molecule has 1 N–H and O–H groups in total. The predicted molar refractivity (Wildman–Crippen MR) is 77.6 cm³/mol. The molecule has 2 unspecified atom stereocenters. The van der Waals surface area contributed by atoms with Gasteiger partial charge in [-0.15, -0.1) is 0 Å². The van der Waals surface area contributed by atoms with Gasteiger partial charge in [0.2, 0.25) is 5.91 Å². The summed E-state index contributed by atoms with van der Waals surface area (Å²) in [7, 11) is 2.07. The van der Waals surface area contributed by atoms with Crippen molar-refractivity contribution in [1.29, 1.82) is 0 Å². The first-order valence-corrected chi connectivity index (χ1v) is 8.06. The van der Waals surface area contributed by atoms with Gasteiger partial charge in [-0.3, -0.25) is 9.69 Å². The highest BCUT2D eigenvalue weighted by atomic mass is 16.5. The van der Waals surface area contributed by atoms with Gasteiger partial charge >= 0.3 is 0 Å². The number of carbonyl (C=O) groups is 1. The van der Waals surface area contributed by atoms with Crippen LogP contribution in [0.4, 0.5) is 0 Å². The fourth-order valence-electron chi connectivity index (χ4n) is 4.07. The molecular weight excluding hydrogens is 254 g/mol. The molecule has 5 heteroatoms. The molecule has 3 saturated heterocycles. The van der Waals surface area contributed by atoms with Crippen molar-refractivity contribution in [2.75, 3.05) is 39.9 Å². The van der Waals surface area contributed by atoms with Crippen LogP contribution in [-0.4, -0.2) is 73.7 Å². The molecular formula is C15H27N3O2. The van der Waals surface area contributed by atoms with Crippen molar-refractivity contribution in [2.45, 2.75) is 50.2 Å². The molecule has 0 aliphatic carbocycles. The van der Waals surface area contributed by atoms with Crippen LogP contribution in [0.3, 0.4) is 0 Å². The Morgan fingerprint density at radius 2 is 1.85 bits per heavy atom. The van der Waals surface area contributed by atoms with Crippen molar-refractivity contribution in [3.63, 3.8) is 0 Å². The molecule has 20 heavy (non-hydrogen) atoms. The third-order valence-corrected chi connectivity index (χ3v) is 5.24. The summed E-state index contributed by atoms with van der Waals surface area (Å²) in [4.78, 5) is 16.8. The lowest BCUT2D eigenvalue weighted by atomic mass is 9.97. The van der Waals surface area contributed by atoms with Crippen LogP contribution >= 0.6 is 0 Å². The Bertz CT molecular complexity index is 330. The van der Waals surface area contributed by atoms with Crippen LogP contribution in [0.2, 0.25) is 0 Å². The summed E-state index contributed by atoms with van der Waals surface area (Å²) in [5, 5.41) is 3.43. The van der Waals surface area contributed by atoms with Crippen LogP contribution < -0.4 is 5.32 Å². The van der Waals surface area contributed by atoms with E-state index in [2.05, 4.69) is 17.3 Å². The third-order valence-electron chi connectivity index (χ3n) is 5.24. The molecule has 3 heterocycles. The lowest BCUT2D eigenvalue weighted by Gasteiger charge is -2.39. The van der Waals surface area contributed by atoms with E-state index in [0.717, 1.165) is 19.6 Å². The fraction of sp³-hybridized carbons (Fsp3) is 0.933. The van der Waals surface area contributed by atoms with E-state index in [1.807, 2.05) is 4.90 Å². The van der Waals surface area contributed by atoms with E-state index in [1.165, 1.54) is 25.7 Å². The van der Waals surface area contributed by atoms with E-state index >= 15 is 0 Å². The third kappa shape index (κ3) is 3.00. The monoisotopic (exact) mass is 281 g/mol. The minimum Gasteiger partial charge on any atom is -0.378 e. The smallest absolute Gasteiger partial charge is 0.224 e. The molecule has 0 spiro atoms. The normalized spacial score (nSPS) is 34.5. The molecule has 5 nitrogen and oxygen atoms in total. The number of hydrogen-bond donors (Lipinski definition) is 1. The van der Waals surface area contributed by atoms with E-state index in [9.17, 15) is 4.79 Å². The van der Waals surface area contributed by atoms with Crippen LogP contribution in [0.25, 0.3) is 0 Å². The summed E-state index contributed by atoms with van der Waals surface area (Å²) < 4.78 is 5.30. The Balaban J connectivity index is 1.48. The number of carbonyl (C=O) groups excluding carboxylic acids is 1. The maximum Gasteiger partial charge on any atom is 0.224 e. The van der Waals surface area contributed by atoms with E-state index in [1.54, 1.807) is 0 Å². The summed E-state index contributed by atoms with van der Waals surface area (Å²) in [6.45, 7) is 3.89. The van der Waals surface area contributed by atoms with Crippen LogP contribution in [-0.2, 0) is 9.53 Å². The molecule has 3 rings (SSSR count). The van der Waals surface area contributed by atoms with Gasteiger partial charge in [0.05, 0.1) is 13.2 Å². The Hall–Kier alpha value is -0.650. The van der Waals surface area contributed by atoms with Gasteiger partial charge in [-0.25, -0.2) is 0 Å². The molecule has 3 fully saturated rings. The number of ether oxygens (including phenoxy) is 1. The quantitative estimate of drug-likeness (QED) is 0.813. The van der Waals surface area contributed by atoms with Gasteiger partial charge in [0.15, 0.2) is 0 Å². The van der Waals surface area contributed by atoms with Gasteiger partial charge in [0.1, 0.15) is 0 Å². The Morgan fingerprint density at radius 1 is 1.20 bits per heavy atom. The summed E-state index contributed by atoms with van der Waals surface area (Å²) in [6, 6.07) is 2.08. The number of amides is 1. The second-order valence-electron chi connectivity index (χ2n) is 6.32. The average molecular weight is 281 g/mol. The van der Waals surface area contributed by atoms with Crippen LogP contribution in [0.5, 0.6) is 0 Å². The minimum atomic E-state index is 0.309. The molecule has 0 saturated carbocycles. The molecule has 2 bridgehead atoms. The topological polar surface area (TPSA) is 44.8 Å². The summed E-state index contributed by atoms with van der Waals surface area (Å²) in [5.41, 5.74) is 0. The number of rotatable bonds is 4. The first-order chi connectivity index (χ1) is 9.78. The Kier molecular flexibility index (Phi) is 4.58. The zero-order valence-corrected chi connectivity index (χ0v) is 12.5. The largest absolute Gasteiger partial charge is 0.378 e. The lowest BCUT2D eigenvalue weighted by Crippen LogP contribution is -2.49. The van der Waals surface area contributed by atoms with Gasteiger partial charge in [-0.05, 0) is 32.7 Å². The maximum atomic E-state index is 12.2. The summed E-state index contributed by atoms with van der Waals surface area (Å²) in [5.74, 6) is 0.309. The highest BCUT2D eigenvalue weighted by Gasteiger charge is 2.40. The van der Waals surface area contributed by atoms with Crippen molar-refractivity contribution in [2.24, 2.45) is 0 Å². The van der Waals surface area contributed by atoms with E-state index < -0.39 is 0 Å². The molecule has 3 aliphatic rings. The summed E-state index contributed by atoms with van der Waals surface area (Å²) >= 11 is 0. The maximum absolute atomic E-state index is 12.2. The molecule has 3 aliphatic heterocycles. The van der Waals surface area contributed by atoms with Crippen molar-refractivity contribution in [3.05, 3.63) is 0 Å². The van der Waals surface area contributed by atoms with E-state index in [-0.39, 0.29) is 0 Å². The molecule has 1 amide bonds. The highest BCUT2D eigenvalue weighted by molar-refractivity contribution is 5.76. The number of nitrogens with zero attached hydrogens (tertiary/aromatic N) is 2. The Labute approximate surface area is 121 Å². The second-order valence-corrected chi connectivity index (χ2v) is 6.32. The van der Waals surface area contributed by atoms with Crippen molar-refractivity contribution >= 4 is 5.91 Å². The summed E-state index contributed by atoms with van der Waals surface area (Å²) in [6.07, 6.45) is 5.80. The molecule has 0 aromatic heterocycles. The Morgan fingerprint density at radius 3 is 2.45 bits per heavy atom. The standard InChI is InChI=1S/C15H27N3O2/c1-16-12-10-13-2-3-14(11-12)18(13)5-4-15(19)17-6-8-20-9-7-17/h12-14,16H,2-11H2,1H3. The van der Waals surface area contributed by atoms with Gasteiger partial charge in [-0.2, -0.15) is 0 Å². The molecule has 114 valence electrons. The van der Waals surface area contributed by atoms with Gasteiger partial charge in [-0.1, -0.05) is 0 Å². The first kappa shape index (κ1) is 14.3. The SMILES string of the molecule is CNC1CC2CCC(C1)N2CCC(=O)N1CCOCC1. The number of nitrogens with one attached hydrogen (secondary N) is 1. The van der Waals surface area contributed by atoms with Gasteiger partial charge in [0.25, 0.3) is 0 Å². The van der Waals surface area contributed by atoms with Crippen molar-refractivity contribution < 1.29 is 9.53 Å². The number of hydrogen-bond acceptors (Lipinski definition) is 4. The lowest BCUT2D eigenvalue weighted by molar-refractivity contribution is -0.135. The van der Waals surface area contributed by atoms with E-state index in [4.69, 9.17) is 4.74 Å².